The van der Waals surface area contributed by atoms with E-state index in [0.717, 1.165) is 0 Å². The van der Waals surface area contributed by atoms with E-state index in [0.29, 0.717) is 11.2 Å². The van der Waals surface area contributed by atoms with Crippen molar-refractivity contribution in [2.75, 3.05) is 6.61 Å². The molecule has 5 nitrogen and oxygen atoms in total. The van der Waals surface area contributed by atoms with E-state index in [-0.39, 0.29) is 12.4 Å². The van der Waals surface area contributed by atoms with Gasteiger partial charge in [0.05, 0.1) is 5.56 Å². The first kappa shape index (κ1) is 12.3. The molecule has 0 aliphatic carbocycles. The first-order valence-corrected chi connectivity index (χ1v) is 4.88. The van der Waals surface area contributed by atoms with Crippen molar-refractivity contribution in [2.45, 2.75) is 12.8 Å². The third kappa shape index (κ3) is 2.75. The van der Waals surface area contributed by atoms with Crippen molar-refractivity contribution in [1.82, 2.24) is 14.6 Å². The lowest BCUT2D eigenvalue weighted by Crippen LogP contribution is -2.17. The number of rotatable bonds is 3. The summed E-state index contributed by atoms with van der Waals surface area (Å²) in [5.41, 5.74) is 0.805. The third-order valence-electron chi connectivity index (χ3n) is 2.10. The number of fused-ring (bicyclic) bond motifs is 1. The lowest BCUT2D eigenvalue weighted by atomic mass is 10.3. The zero-order valence-electron chi connectivity index (χ0n) is 8.98. The van der Waals surface area contributed by atoms with Gasteiger partial charge in [-0.1, -0.05) is 0 Å². The topological polar surface area (TPSA) is 63.2 Å². The molecule has 8 heteroatoms. The van der Waals surface area contributed by atoms with Crippen molar-refractivity contribution in [3.63, 3.8) is 0 Å². The van der Waals surface area contributed by atoms with Gasteiger partial charge in [0.2, 0.25) is 0 Å². The molecule has 0 saturated heterocycles. The van der Waals surface area contributed by atoms with Crippen molar-refractivity contribution in [3.05, 3.63) is 29.7 Å². The Balaban J connectivity index is 2.16. The monoisotopic (exact) mass is 256 g/mol. The van der Waals surface area contributed by atoms with Crippen molar-refractivity contribution >= 4 is 5.65 Å². The van der Waals surface area contributed by atoms with Gasteiger partial charge in [-0.15, -0.1) is 10.2 Å². The van der Waals surface area contributed by atoms with Crippen LogP contribution in [0.25, 0.3) is 5.65 Å². The molecular weight excluding hydrogens is 249 g/mol. The number of alkyl halides is 3. The minimum absolute atomic E-state index is 0.214. The van der Waals surface area contributed by atoms with Crippen molar-refractivity contribution in [2.24, 2.45) is 0 Å². The van der Waals surface area contributed by atoms with E-state index >= 15 is 0 Å². The van der Waals surface area contributed by atoms with Crippen molar-refractivity contribution < 1.29 is 17.9 Å². The highest BCUT2D eigenvalue weighted by atomic mass is 19.4. The van der Waals surface area contributed by atoms with Gasteiger partial charge in [0.15, 0.2) is 11.5 Å². The molecule has 0 aliphatic rings. The highest BCUT2D eigenvalue weighted by molar-refractivity contribution is 5.42. The van der Waals surface area contributed by atoms with E-state index in [9.17, 15) is 13.2 Å². The number of nitrogens with zero attached hydrogens (tertiary/aromatic N) is 4. The van der Waals surface area contributed by atoms with Crippen LogP contribution in [-0.4, -0.2) is 27.4 Å². The predicted octanol–water partition coefficient (Wildman–Crippen LogP) is 1.68. The zero-order valence-corrected chi connectivity index (χ0v) is 8.98. The summed E-state index contributed by atoms with van der Waals surface area (Å²) in [4.78, 5) is 0. The van der Waals surface area contributed by atoms with Crippen LogP contribution in [0.1, 0.15) is 11.4 Å². The molecule has 2 rings (SSSR count). The molecule has 2 aromatic heterocycles. The summed E-state index contributed by atoms with van der Waals surface area (Å²) >= 11 is 0. The van der Waals surface area contributed by atoms with Gasteiger partial charge in [-0.2, -0.15) is 18.4 Å². The summed E-state index contributed by atoms with van der Waals surface area (Å²) in [5, 5.41) is 16.2. The fourth-order valence-electron chi connectivity index (χ4n) is 1.36. The number of ether oxygens (including phenoxy) is 1. The number of pyridine rings is 1. The maximum atomic E-state index is 11.9. The average Bonchev–Trinajstić information content (AvgIpc) is 2.70. The Kier molecular flexibility index (Phi) is 3.16. The lowest BCUT2D eigenvalue weighted by Gasteiger charge is -2.06. The minimum atomic E-state index is -4.38. The Hall–Kier alpha value is -2.14. The van der Waals surface area contributed by atoms with Gasteiger partial charge < -0.3 is 4.74 Å². The second-order valence-corrected chi connectivity index (χ2v) is 3.48. The Morgan fingerprint density at radius 1 is 1.33 bits per heavy atom. The standard InChI is InChI=1S/C10H7F3N4O/c11-10(12,13)6-18-5-9-16-15-8-2-1-7(3-14)4-17(8)9/h1-2,4H,5-6H2. The van der Waals surface area contributed by atoms with Crippen LogP contribution >= 0.6 is 0 Å². The van der Waals surface area contributed by atoms with E-state index in [1.807, 2.05) is 6.07 Å². The lowest BCUT2D eigenvalue weighted by molar-refractivity contribution is -0.177. The Morgan fingerprint density at radius 3 is 2.78 bits per heavy atom. The average molecular weight is 256 g/mol. The Bertz CT molecular complexity index is 599. The molecule has 0 aliphatic heterocycles. The fraction of sp³-hybridized carbons (Fsp3) is 0.300. The van der Waals surface area contributed by atoms with Crippen LogP contribution in [-0.2, 0) is 11.3 Å². The van der Waals surface area contributed by atoms with Crippen LogP contribution in [0.4, 0.5) is 13.2 Å². The summed E-state index contributed by atoms with van der Waals surface area (Å²) in [6.45, 7) is -1.67. The Morgan fingerprint density at radius 2 is 2.11 bits per heavy atom. The molecule has 0 N–H and O–H groups in total. The largest absolute Gasteiger partial charge is 0.411 e. The van der Waals surface area contributed by atoms with Gasteiger partial charge in [-0.3, -0.25) is 4.40 Å². The van der Waals surface area contributed by atoms with Crippen LogP contribution in [0.2, 0.25) is 0 Å². The van der Waals surface area contributed by atoms with E-state index in [1.54, 1.807) is 12.1 Å². The normalized spacial score (nSPS) is 11.7. The molecule has 0 radical (unpaired) electrons. The van der Waals surface area contributed by atoms with E-state index in [2.05, 4.69) is 14.9 Å². The third-order valence-corrected chi connectivity index (χ3v) is 2.10. The number of hydrogen-bond acceptors (Lipinski definition) is 4. The summed E-state index contributed by atoms with van der Waals surface area (Å²) in [5.74, 6) is 0.214. The SMILES string of the molecule is N#Cc1ccc2nnc(COCC(F)(F)F)n2c1. The van der Waals surface area contributed by atoms with Crippen LogP contribution in [0, 0.1) is 11.3 Å². The summed E-state index contributed by atoms with van der Waals surface area (Å²) in [7, 11) is 0. The van der Waals surface area contributed by atoms with Crippen LogP contribution in [0.15, 0.2) is 18.3 Å². The second kappa shape index (κ2) is 4.62. The molecule has 0 aromatic carbocycles. The minimum Gasteiger partial charge on any atom is -0.364 e. The van der Waals surface area contributed by atoms with E-state index in [1.165, 1.54) is 10.6 Å². The quantitative estimate of drug-likeness (QED) is 0.838. The van der Waals surface area contributed by atoms with Crippen LogP contribution in [0.5, 0.6) is 0 Å². The molecule has 94 valence electrons. The molecule has 0 atom stereocenters. The van der Waals surface area contributed by atoms with Crippen LogP contribution < -0.4 is 0 Å². The summed E-state index contributed by atoms with van der Waals surface area (Å²) in [6, 6.07) is 5.02. The summed E-state index contributed by atoms with van der Waals surface area (Å²) in [6.07, 6.45) is -2.93. The van der Waals surface area contributed by atoms with Gasteiger partial charge in [-0.05, 0) is 12.1 Å². The van der Waals surface area contributed by atoms with E-state index < -0.39 is 12.8 Å². The molecule has 2 heterocycles. The van der Waals surface area contributed by atoms with E-state index in [4.69, 9.17) is 5.26 Å². The molecule has 0 amide bonds. The number of hydrogen-bond donors (Lipinski definition) is 0. The first-order chi connectivity index (χ1) is 8.49. The van der Waals surface area contributed by atoms with Crippen molar-refractivity contribution in [1.29, 1.82) is 5.26 Å². The van der Waals surface area contributed by atoms with Gasteiger partial charge >= 0.3 is 6.18 Å². The van der Waals surface area contributed by atoms with Gasteiger partial charge in [0.1, 0.15) is 19.3 Å². The molecule has 0 fully saturated rings. The molecular formula is C10H7F3N4O. The molecule has 18 heavy (non-hydrogen) atoms. The van der Waals surface area contributed by atoms with Gasteiger partial charge in [0, 0.05) is 6.20 Å². The molecule has 0 spiro atoms. The van der Waals surface area contributed by atoms with Crippen LogP contribution in [0.3, 0.4) is 0 Å². The molecule has 0 saturated carbocycles. The molecule has 0 bridgehead atoms. The summed E-state index contributed by atoms with van der Waals surface area (Å²) < 4.78 is 41.6. The number of nitriles is 1. The number of halogens is 3. The van der Waals surface area contributed by atoms with Crippen molar-refractivity contribution in [3.8, 4) is 6.07 Å². The maximum absolute atomic E-state index is 11.9. The van der Waals surface area contributed by atoms with Gasteiger partial charge in [-0.25, -0.2) is 0 Å². The second-order valence-electron chi connectivity index (χ2n) is 3.48. The first-order valence-electron chi connectivity index (χ1n) is 4.88. The zero-order chi connectivity index (χ0) is 13.2. The molecule has 0 unspecified atom stereocenters. The molecule has 2 aromatic rings. The smallest absolute Gasteiger partial charge is 0.364 e. The Labute approximate surface area is 99.4 Å². The highest BCUT2D eigenvalue weighted by Crippen LogP contribution is 2.15. The fourth-order valence-corrected chi connectivity index (χ4v) is 1.36. The predicted molar refractivity (Wildman–Crippen MR) is 53.4 cm³/mol. The highest BCUT2D eigenvalue weighted by Gasteiger charge is 2.27. The maximum Gasteiger partial charge on any atom is 0.411 e. The van der Waals surface area contributed by atoms with Gasteiger partial charge in [0.25, 0.3) is 0 Å². The number of aromatic nitrogens is 3.